The van der Waals surface area contributed by atoms with Crippen molar-refractivity contribution >= 4 is 17.8 Å². The lowest BCUT2D eigenvalue weighted by Crippen LogP contribution is -2.36. The Bertz CT molecular complexity index is 576. The van der Waals surface area contributed by atoms with Crippen molar-refractivity contribution in [2.45, 2.75) is 25.6 Å². The number of esters is 1. The van der Waals surface area contributed by atoms with Crippen molar-refractivity contribution in [1.82, 2.24) is 10.6 Å². The molecule has 0 saturated carbocycles. The van der Waals surface area contributed by atoms with E-state index in [0.717, 1.165) is 0 Å². The summed E-state index contributed by atoms with van der Waals surface area (Å²) in [6, 6.07) is 7.94. The molecule has 0 fully saturated rings. The minimum atomic E-state index is -4.54. The van der Waals surface area contributed by atoms with Crippen LogP contribution >= 0.6 is 0 Å². The maximum absolute atomic E-state index is 11.9. The van der Waals surface area contributed by atoms with Crippen LogP contribution in [-0.4, -0.2) is 37.1 Å². The number of alkyl halides is 3. The zero-order valence-corrected chi connectivity index (χ0v) is 12.9. The molecule has 0 aliphatic carbocycles. The van der Waals surface area contributed by atoms with E-state index in [1.54, 1.807) is 35.6 Å². The molecule has 0 unspecified atom stereocenters. The number of halogens is 3. The van der Waals surface area contributed by atoms with Gasteiger partial charge in [-0.2, -0.15) is 13.2 Å². The molecule has 2 N–H and O–H groups in total. The average Bonchev–Trinajstić information content (AvgIpc) is 2.50. The molecule has 0 heterocycles. The zero-order chi connectivity index (χ0) is 18.2. The van der Waals surface area contributed by atoms with E-state index in [2.05, 4.69) is 10.1 Å². The van der Waals surface area contributed by atoms with Crippen LogP contribution in [-0.2, 0) is 19.1 Å². The molecule has 2 amide bonds. The highest BCUT2D eigenvalue weighted by Crippen LogP contribution is 2.17. The first-order valence-electron chi connectivity index (χ1n) is 6.98. The van der Waals surface area contributed by atoms with Crippen LogP contribution in [0, 0.1) is 0 Å². The van der Waals surface area contributed by atoms with Gasteiger partial charge in [0.25, 0.3) is 5.91 Å². The van der Waals surface area contributed by atoms with Crippen LogP contribution in [0.2, 0.25) is 0 Å². The highest BCUT2D eigenvalue weighted by Gasteiger charge is 2.28. The van der Waals surface area contributed by atoms with E-state index in [1.807, 2.05) is 0 Å². The zero-order valence-electron chi connectivity index (χ0n) is 12.9. The third-order valence-electron chi connectivity index (χ3n) is 2.80. The predicted molar refractivity (Wildman–Crippen MR) is 77.6 cm³/mol. The summed E-state index contributed by atoms with van der Waals surface area (Å²) in [4.78, 5) is 34.1. The van der Waals surface area contributed by atoms with Gasteiger partial charge in [-0.25, -0.2) is 0 Å². The van der Waals surface area contributed by atoms with Crippen LogP contribution in [0.1, 0.15) is 24.9 Å². The smallest absolute Gasteiger partial charge is 0.405 e. The number of benzene rings is 1. The van der Waals surface area contributed by atoms with Crippen molar-refractivity contribution in [3.05, 3.63) is 35.9 Å². The summed E-state index contributed by atoms with van der Waals surface area (Å²) in [6.07, 6.45) is -4.79. The topological polar surface area (TPSA) is 84.5 Å². The molecule has 1 rings (SSSR count). The Morgan fingerprint density at radius 2 is 1.79 bits per heavy atom. The van der Waals surface area contributed by atoms with Gasteiger partial charge in [-0.1, -0.05) is 30.3 Å². The first-order valence-corrected chi connectivity index (χ1v) is 6.98. The number of nitrogens with one attached hydrogen (secondary N) is 2. The van der Waals surface area contributed by atoms with Crippen molar-refractivity contribution in [3.63, 3.8) is 0 Å². The van der Waals surface area contributed by atoms with Gasteiger partial charge in [-0.05, 0) is 5.56 Å². The van der Waals surface area contributed by atoms with Crippen LogP contribution in [0.25, 0.3) is 0 Å². The molecule has 1 aromatic carbocycles. The molecule has 0 aliphatic heterocycles. The van der Waals surface area contributed by atoms with Crippen LogP contribution in [0.5, 0.6) is 0 Å². The lowest BCUT2D eigenvalue weighted by molar-refractivity contribution is -0.151. The van der Waals surface area contributed by atoms with E-state index in [1.165, 1.54) is 6.92 Å². The highest BCUT2D eigenvalue weighted by molar-refractivity contribution is 5.81. The molecule has 0 radical (unpaired) electrons. The number of hydrogen-bond acceptors (Lipinski definition) is 4. The second-order valence-corrected chi connectivity index (χ2v) is 4.92. The van der Waals surface area contributed by atoms with Gasteiger partial charge in [0.05, 0.1) is 12.5 Å². The van der Waals surface area contributed by atoms with Gasteiger partial charge in [0, 0.05) is 6.92 Å². The third kappa shape index (κ3) is 8.16. The van der Waals surface area contributed by atoms with Gasteiger partial charge in [0.2, 0.25) is 5.91 Å². The van der Waals surface area contributed by atoms with Gasteiger partial charge in [-0.15, -0.1) is 0 Å². The molecule has 9 heteroatoms. The monoisotopic (exact) mass is 346 g/mol. The summed E-state index contributed by atoms with van der Waals surface area (Å²) in [5.41, 5.74) is 0.658. The number of ether oxygens (including phenoxy) is 1. The van der Waals surface area contributed by atoms with E-state index in [-0.39, 0.29) is 12.3 Å². The van der Waals surface area contributed by atoms with E-state index < -0.39 is 37.2 Å². The van der Waals surface area contributed by atoms with Crippen molar-refractivity contribution in [1.29, 1.82) is 0 Å². The molecule has 1 aromatic rings. The number of carbonyl (C=O) groups excluding carboxylic acids is 3. The molecule has 24 heavy (non-hydrogen) atoms. The first-order chi connectivity index (χ1) is 11.2. The summed E-state index contributed by atoms with van der Waals surface area (Å²) < 4.78 is 40.4. The second kappa shape index (κ2) is 8.90. The maximum atomic E-state index is 11.9. The van der Waals surface area contributed by atoms with Gasteiger partial charge < -0.3 is 15.4 Å². The van der Waals surface area contributed by atoms with E-state index in [9.17, 15) is 27.6 Å². The molecule has 0 saturated heterocycles. The van der Waals surface area contributed by atoms with Crippen LogP contribution in [0.3, 0.4) is 0 Å². The fourth-order valence-corrected chi connectivity index (χ4v) is 1.80. The summed E-state index contributed by atoms with van der Waals surface area (Å²) in [6.45, 7) is -1.04. The van der Waals surface area contributed by atoms with E-state index >= 15 is 0 Å². The molecule has 0 aromatic heterocycles. The third-order valence-corrected chi connectivity index (χ3v) is 2.80. The van der Waals surface area contributed by atoms with Crippen LogP contribution < -0.4 is 10.6 Å². The average molecular weight is 346 g/mol. The minimum absolute atomic E-state index is 0.254. The molecule has 1 atom stereocenters. The largest absolute Gasteiger partial charge is 0.456 e. The molecular weight excluding hydrogens is 329 g/mol. The molecule has 0 spiro atoms. The second-order valence-electron chi connectivity index (χ2n) is 4.92. The normalized spacial score (nSPS) is 12.2. The number of amides is 2. The molecule has 6 nitrogen and oxygen atoms in total. The lowest BCUT2D eigenvalue weighted by atomic mass is 10.0. The summed E-state index contributed by atoms with van der Waals surface area (Å²) in [7, 11) is 0. The van der Waals surface area contributed by atoms with E-state index in [4.69, 9.17) is 0 Å². The summed E-state index contributed by atoms with van der Waals surface area (Å²) in [5.74, 6) is -2.24. The van der Waals surface area contributed by atoms with Gasteiger partial charge in [-0.3, -0.25) is 14.4 Å². The van der Waals surface area contributed by atoms with Gasteiger partial charge in [0.1, 0.15) is 6.54 Å². The summed E-state index contributed by atoms with van der Waals surface area (Å²) in [5, 5.41) is 4.15. The highest BCUT2D eigenvalue weighted by atomic mass is 19.4. The Labute approximate surface area is 136 Å². The Morgan fingerprint density at radius 1 is 1.17 bits per heavy atom. The lowest BCUT2D eigenvalue weighted by Gasteiger charge is -2.17. The fraction of sp³-hybridized carbons (Fsp3) is 0.400. The summed E-state index contributed by atoms with van der Waals surface area (Å²) >= 11 is 0. The maximum Gasteiger partial charge on any atom is 0.405 e. The number of hydrogen-bond donors (Lipinski definition) is 2. The molecule has 132 valence electrons. The Balaban J connectivity index is 2.51. The van der Waals surface area contributed by atoms with Crippen LogP contribution in [0.4, 0.5) is 13.2 Å². The molecule has 0 bridgehead atoms. The van der Waals surface area contributed by atoms with Crippen molar-refractivity contribution < 1.29 is 32.3 Å². The molecule has 0 aliphatic rings. The Hall–Kier alpha value is -2.58. The quantitative estimate of drug-likeness (QED) is 0.733. The number of carbonyl (C=O) groups is 3. The standard InChI is InChI=1S/C15H17F3N2O4/c1-10(21)20-12(11-5-3-2-4-6-11)7-14(23)24-8-13(22)19-9-15(16,17)18/h2-6,12H,7-9H2,1H3,(H,19,22)(H,20,21)/t12-/m0/s1. The first kappa shape index (κ1) is 19.5. The molecular formula is C15H17F3N2O4. The van der Waals surface area contributed by atoms with Gasteiger partial charge >= 0.3 is 12.1 Å². The fourth-order valence-electron chi connectivity index (χ4n) is 1.80. The predicted octanol–water partition coefficient (Wildman–Crippen LogP) is 1.48. The van der Waals surface area contributed by atoms with Crippen molar-refractivity contribution in [3.8, 4) is 0 Å². The Kier molecular flexibility index (Phi) is 7.22. The Morgan fingerprint density at radius 3 is 2.33 bits per heavy atom. The SMILES string of the molecule is CC(=O)N[C@@H](CC(=O)OCC(=O)NCC(F)(F)F)c1ccccc1. The van der Waals surface area contributed by atoms with Crippen molar-refractivity contribution in [2.75, 3.05) is 13.2 Å². The van der Waals surface area contributed by atoms with E-state index in [0.29, 0.717) is 5.56 Å². The van der Waals surface area contributed by atoms with Crippen molar-refractivity contribution in [2.24, 2.45) is 0 Å². The van der Waals surface area contributed by atoms with Crippen LogP contribution in [0.15, 0.2) is 30.3 Å². The minimum Gasteiger partial charge on any atom is -0.456 e. The van der Waals surface area contributed by atoms with Gasteiger partial charge in [0.15, 0.2) is 6.61 Å². The number of rotatable bonds is 7.